The Morgan fingerprint density at radius 2 is 2.12 bits per heavy atom. The summed E-state index contributed by atoms with van der Waals surface area (Å²) in [5.74, 6) is 0.0896. The van der Waals surface area contributed by atoms with E-state index in [9.17, 15) is 9.18 Å². The number of rotatable bonds is 5. The number of nitrogens with one attached hydrogen (secondary N) is 3. The lowest BCUT2D eigenvalue weighted by Gasteiger charge is -2.23. The molecule has 1 unspecified atom stereocenters. The fourth-order valence-electron chi connectivity index (χ4n) is 3.48. The van der Waals surface area contributed by atoms with Gasteiger partial charge < -0.3 is 16.0 Å². The standard InChI is InChI=1S/C23H19ClFN7O/c1-13(33)30-20-10-17(4-5-18(20)24)31-23-29-12-28-22(32-23)21-9-15(6-7-27-21)14-2-3-16(11-26)19(25)8-14/h2-6,8,10,12,21,27H,7,9H2,1H3,(H,30,33)(H,28,29,31,32). The van der Waals surface area contributed by atoms with E-state index >= 15 is 0 Å². The Morgan fingerprint density at radius 1 is 1.27 bits per heavy atom. The second kappa shape index (κ2) is 9.73. The Morgan fingerprint density at radius 3 is 2.88 bits per heavy atom. The predicted octanol–water partition coefficient (Wildman–Crippen LogP) is 4.36. The Labute approximate surface area is 194 Å². The summed E-state index contributed by atoms with van der Waals surface area (Å²) in [7, 11) is 0. The molecule has 1 amide bonds. The van der Waals surface area contributed by atoms with Crippen molar-refractivity contribution in [3.8, 4) is 6.07 Å². The highest BCUT2D eigenvalue weighted by molar-refractivity contribution is 6.33. The zero-order valence-corrected chi connectivity index (χ0v) is 18.3. The van der Waals surface area contributed by atoms with Crippen LogP contribution >= 0.6 is 11.6 Å². The summed E-state index contributed by atoms with van der Waals surface area (Å²) in [6, 6.07) is 11.3. The number of carbonyl (C=O) groups is 1. The second-order valence-corrected chi connectivity index (χ2v) is 7.78. The summed E-state index contributed by atoms with van der Waals surface area (Å²) in [4.78, 5) is 24.4. The van der Waals surface area contributed by atoms with Gasteiger partial charge in [-0.05, 0) is 47.9 Å². The molecule has 0 bridgehead atoms. The zero-order chi connectivity index (χ0) is 23.4. The number of nitrogens with zero attached hydrogens (tertiary/aromatic N) is 4. The molecule has 0 saturated heterocycles. The first-order chi connectivity index (χ1) is 15.9. The molecule has 33 heavy (non-hydrogen) atoms. The molecule has 166 valence electrons. The van der Waals surface area contributed by atoms with Crippen molar-refractivity contribution in [2.75, 3.05) is 17.2 Å². The van der Waals surface area contributed by atoms with E-state index in [4.69, 9.17) is 16.9 Å². The molecule has 2 heterocycles. The number of carbonyl (C=O) groups excluding carboxylic acids is 1. The maximum atomic E-state index is 14.1. The third-order valence-electron chi connectivity index (χ3n) is 5.03. The topological polar surface area (TPSA) is 116 Å². The van der Waals surface area contributed by atoms with E-state index in [1.54, 1.807) is 24.3 Å². The van der Waals surface area contributed by atoms with Gasteiger partial charge in [-0.1, -0.05) is 23.7 Å². The number of anilines is 3. The molecule has 2 aromatic carbocycles. The van der Waals surface area contributed by atoms with Gasteiger partial charge in [-0.2, -0.15) is 10.2 Å². The summed E-state index contributed by atoms with van der Waals surface area (Å²) in [5, 5.41) is 18.5. The van der Waals surface area contributed by atoms with Crippen LogP contribution in [-0.4, -0.2) is 27.4 Å². The van der Waals surface area contributed by atoms with Crippen LogP contribution < -0.4 is 16.0 Å². The maximum Gasteiger partial charge on any atom is 0.230 e. The second-order valence-electron chi connectivity index (χ2n) is 7.37. The van der Waals surface area contributed by atoms with Crippen molar-refractivity contribution in [2.24, 2.45) is 0 Å². The molecule has 0 aliphatic carbocycles. The van der Waals surface area contributed by atoms with Crippen molar-refractivity contribution in [2.45, 2.75) is 19.4 Å². The van der Waals surface area contributed by atoms with E-state index < -0.39 is 5.82 Å². The third kappa shape index (κ3) is 5.31. The van der Waals surface area contributed by atoms with Crippen molar-refractivity contribution in [1.82, 2.24) is 20.3 Å². The van der Waals surface area contributed by atoms with Crippen LogP contribution in [0, 0.1) is 17.1 Å². The highest BCUT2D eigenvalue weighted by Crippen LogP contribution is 2.30. The molecule has 1 aliphatic rings. The fourth-order valence-corrected chi connectivity index (χ4v) is 3.64. The van der Waals surface area contributed by atoms with Crippen molar-refractivity contribution < 1.29 is 9.18 Å². The monoisotopic (exact) mass is 463 g/mol. The summed E-state index contributed by atoms with van der Waals surface area (Å²) in [6.07, 6.45) is 3.94. The zero-order valence-electron chi connectivity index (χ0n) is 17.6. The SMILES string of the molecule is CC(=O)Nc1cc(Nc2ncnc(C3CC(c4ccc(C#N)c(F)c4)=CCN3)n2)ccc1Cl. The average Bonchev–Trinajstić information content (AvgIpc) is 2.81. The Hall–Kier alpha value is -3.87. The van der Waals surface area contributed by atoms with Crippen LogP contribution in [0.3, 0.4) is 0 Å². The molecule has 0 spiro atoms. The van der Waals surface area contributed by atoms with Crippen LogP contribution in [0.5, 0.6) is 0 Å². The van der Waals surface area contributed by atoms with Gasteiger partial charge in [0.15, 0.2) is 5.82 Å². The van der Waals surface area contributed by atoms with Gasteiger partial charge in [0, 0.05) is 19.2 Å². The molecule has 4 rings (SSSR count). The maximum absolute atomic E-state index is 14.1. The molecule has 1 atom stereocenters. The average molecular weight is 464 g/mol. The van der Waals surface area contributed by atoms with Crippen molar-refractivity contribution >= 4 is 40.4 Å². The van der Waals surface area contributed by atoms with Crippen LogP contribution in [0.25, 0.3) is 5.57 Å². The van der Waals surface area contributed by atoms with Crippen LogP contribution in [0.15, 0.2) is 48.8 Å². The molecule has 3 N–H and O–H groups in total. The highest BCUT2D eigenvalue weighted by Gasteiger charge is 2.21. The van der Waals surface area contributed by atoms with Gasteiger partial charge in [0.05, 0.1) is 22.3 Å². The lowest BCUT2D eigenvalue weighted by molar-refractivity contribution is -0.114. The molecule has 0 saturated carbocycles. The number of aromatic nitrogens is 3. The van der Waals surface area contributed by atoms with Gasteiger partial charge in [0.25, 0.3) is 0 Å². The van der Waals surface area contributed by atoms with Crippen LogP contribution in [0.4, 0.5) is 21.7 Å². The number of benzene rings is 2. The summed E-state index contributed by atoms with van der Waals surface area (Å²) in [5.41, 5.74) is 2.79. The highest BCUT2D eigenvalue weighted by atomic mass is 35.5. The molecular formula is C23H19ClFN7O. The van der Waals surface area contributed by atoms with Crippen LogP contribution in [0.1, 0.15) is 36.3 Å². The van der Waals surface area contributed by atoms with Gasteiger partial charge in [0.1, 0.15) is 18.2 Å². The van der Waals surface area contributed by atoms with Crippen LogP contribution in [0.2, 0.25) is 5.02 Å². The number of hydrogen-bond acceptors (Lipinski definition) is 7. The number of halogens is 2. The van der Waals surface area contributed by atoms with Gasteiger partial charge in [-0.25, -0.2) is 14.4 Å². The number of nitriles is 1. The Balaban J connectivity index is 1.51. The lowest BCUT2D eigenvalue weighted by atomic mass is 9.94. The lowest BCUT2D eigenvalue weighted by Crippen LogP contribution is -2.27. The minimum atomic E-state index is -0.542. The normalized spacial score (nSPS) is 15.3. The van der Waals surface area contributed by atoms with Gasteiger partial charge >= 0.3 is 0 Å². The van der Waals surface area contributed by atoms with E-state index in [1.165, 1.54) is 25.4 Å². The van der Waals surface area contributed by atoms with E-state index in [2.05, 4.69) is 30.9 Å². The Bertz CT molecular complexity index is 1290. The minimum Gasteiger partial charge on any atom is -0.325 e. The van der Waals surface area contributed by atoms with E-state index in [0.717, 1.165) is 11.1 Å². The predicted molar refractivity (Wildman–Crippen MR) is 123 cm³/mol. The van der Waals surface area contributed by atoms with Crippen molar-refractivity contribution in [1.29, 1.82) is 5.26 Å². The summed E-state index contributed by atoms with van der Waals surface area (Å²) < 4.78 is 14.1. The van der Waals surface area contributed by atoms with Gasteiger partial charge in [-0.15, -0.1) is 0 Å². The minimum absolute atomic E-state index is 0.0156. The molecule has 0 radical (unpaired) electrons. The molecule has 1 aromatic heterocycles. The molecule has 8 nitrogen and oxygen atoms in total. The first kappa shape index (κ1) is 22.3. The summed E-state index contributed by atoms with van der Waals surface area (Å²) in [6.45, 7) is 1.97. The molecule has 1 aliphatic heterocycles. The van der Waals surface area contributed by atoms with Crippen molar-refractivity contribution in [3.63, 3.8) is 0 Å². The van der Waals surface area contributed by atoms with Gasteiger partial charge in [0.2, 0.25) is 11.9 Å². The first-order valence-electron chi connectivity index (χ1n) is 10.1. The van der Waals surface area contributed by atoms with Gasteiger partial charge in [-0.3, -0.25) is 4.79 Å². The van der Waals surface area contributed by atoms with E-state index in [-0.39, 0.29) is 17.5 Å². The number of hydrogen-bond donors (Lipinski definition) is 3. The smallest absolute Gasteiger partial charge is 0.230 e. The largest absolute Gasteiger partial charge is 0.325 e. The van der Waals surface area contributed by atoms with Crippen molar-refractivity contribution in [3.05, 3.63) is 76.6 Å². The van der Waals surface area contributed by atoms with E-state index in [0.29, 0.717) is 41.1 Å². The Kier molecular flexibility index (Phi) is 6.58. The first-order valence-corrected chi connectivity index (χ1v) is 10.5. The molecule has 3 aromatic rings. The molecule has 10 heteroatoms. The summed E-state index contributed by atoms with van der Waals surface area (Å²) >= 11 is 6.12. The molecular weight excluding hydrogens is 445 g/mol. The quantitative estimate of drug-likeness (QED) is 0.515. The van der Waals surface area contributed by atoms with E-state index in [1.807, 2.05) is 12.1 Å². The van der Waals surface area contributed by atoms with Crippen LogP contribution in [-0.2, 0) is 4.79 Å². The molecule has 0 fully saturated rings. The fraction of sp³-hybridized carbons (Fsp3) is 0.174. The third-order valence-corrected chi connectivity index (χ3v) is 5.36. The number of amides is 1.